The second-order valence-electron chi connectivity index (χ2n) is 3.53. The largest absolute Gasteiger partial charge is 0.337 e. The van der Waals surface area contributed by atoms with E-state index in [1.807, 2.05) is 0 Å². The SMILES string of the molecule is O=C(c1cncc(Br)c1)N1CCS(=O)CC1. The van der Waals surface area contributed by atoms with Gasteiger partial charge in [-0.15, -0.1) is 0 Å². The van der Waals surface area contributed by atoms with Crippen molar-refractivity contribution < 1.29 is 9.00 Å². The Morgan fingerprint density at radius 1 is 1.38 bits per heavy atom. The number of halogens is 1. The highest BCUT2D eigenvalue weighted by Crippen LogP contribution is 2.12. The third-order valence-corrected chi connectivity index (χ3v) is 4.13. The number of rotatable bonds is 1. The summed E-state index contributed by atoms with van der Waals surface area (Å²) in [5.41, 5.74) is 0.571. The summed E-state index contributed by atoms with van der Waals surface area (Å²) in [6.45, 7) is 1.13. The van der Waals surface area contributed by atoms with Crippen LogP contribution in [0.15, 0.2) is 22.9 Å². The van der Waals surface area contributed by atoms with Crippen molar-refractivity contribution in [3.63, 3.8) is 0 Å². The lowest BCUT2D eigenvalue weighted by molar-refractivity contribution is 0.0771. The standard InChI is InChI=1S/C10H11BrN2O2S/c11-9-5-8(6-12-7-9)10(14)13-1-3-16(15)4-2-13/h5-7H,1-4H2. The van der Waals surface area contributed by atoms with E-state index < -0.39 is 10.8 Å². The monoisotopic (exact) mass is 302 g/mol. The van der Waals surface area contributed by atoms with E-state index in [1.54, 1.807) is 23.4 Å². The van der Waals surface area contributed by atoms with Gasteiger partial charge < -0.3 is 4.90 Å². The van der Waals surface area contributed by atoms with E-state index in [0.717, 1.165) is 4.47 Å². The minimum atomic E-state index is -0.757. The van der Waals surface area contributed by atoms with Gasteiger partial charge in [0.1, 0.15) is 0 Å². The van der Waals surface area contributed by atoms with Crippen LogP contribution in [0.1, 0.15) is 10.4 Å². The molecule has 2 heterocycles. The highest BCUT2D eigenvalue weighted by molar-refractivity contribution is 9.10. The summed E-state index contributed by atoms with van der Waals surface area (Å²) in [6, 6.07) is 1.75. The van der Waals surface area contributed by atoms with E-state index in [4.69, 9.17) is 0 Å². The number of aromatic nitrogens is 1. The molecule has 1 aliphatic heterocycles. The molecule has 16 heavy (non-hydrogen) atoms. The van der Waals surface area contributed by atoms with Crippen LogP contribution in [0.5, 0.6) is 0 Å². The topological polar surface area (TPSA) is 50.3 Å². The summed E-state index contributed by atoms with van der Waals surface area (Å²) in [5, 5.41) is 0. The molecule has 0 unspecified atom stereocenters. The van der Waals surface area contributed by atoms with Gasteiger partial charge in [0, 0.05) is 52.3 Å². The molecule has 0 aliphatic carbocycles. The molecule has 1 fully saturated rings. The maximum Gasteiger partial charge on any atom is 0.255 e. The predicted octanol–water partition coefficient (Wildman–Crippen LogP) is 1.05. The maximum atomic E-state index is 12.0. The van der Waals surface area contributed by atoms with Crippen molar-refractivity contribution in [2.75, 3.05) is 24.6 Å². The van der Waals surface area contributed by atoms with E-state index in [2.05, 4.69) is 20.9 Å². The molecule has 1 saturated heterocycles. The molecule has 0 aromatic carbocycles. The first-order valence-electron chi connectivity index (χ1n) is 4.91. The van der Waals surface area contributed by atoms with E-state index >= 15 is 0 Å². The summed E-state index contributed by atoms with van der Waals surface area (Å²) in [5.74, 6) is 1.12. The minimum absolute atomic E-state index is 0.0366. The molecule has 1 aromatic heterocycles. The van der Waals surface area contributed by atoms with Crippen molar-refractivity contribution >= 4 is 32.6 Å². The summed E-state index contributed by atoms with van der Waals surface area (Å²) in [7, 11) is -0.757. The van der Waals surface area contributed by atoms with Crippen molar-refractivity contribution in [2.45, 2.75) is 0 Å². The van der Waals surface area contributed by atoms with Crippen LogP contribution >= 0.6 is 15.9 Å². The Hall–Kier alpha value is -0.750. The molecule has 0 bridgehead atoms. The van der Waals surface area contributed by atoms with Crippen molar-refractivity contribution in [1.29, 1.82) is 0 Å². The van der Waals surface area contributed by atoms with Crippen molar-refractivity contribution in [3.05, 3.63) is 28.5 Å². The lowest BCUT2D eigenvalue weighted by atomic mass is 10.2. The molecule has 1 aromatic rings. The van der Waals surface area contributed by atoms with Gasteiger partial charge in [-0.1, -0.05) is 0 Å². The van der Waals surface area contributed by atoms with Gasteiger partial charge >= 0.3 is 0 Å². The van der Waals surface area contributed by atoms with Crippen LogP contribution in [0, 0.1) is 0 Å². The minimum Gasteiger partial charge on any atom is -0.337 e. The molecule has 2 rings (SSSR count). The highest BCUT2D eigenvalue weighted by atomic mass is 79.9. The fourth-order valence-electron chi connectivity index (χ4n) is 1.55. The lowest BCUT2D eigenvalue weighted by Gasteiger charge is -2.26. The molecular weight excluding hydrogens is 292 g/mol. The van der Waals surface area contributed by atoms with E-state index in [-0.39, 0.29) is 5.91 Å². The normalized spacial score (nSPS) is 17.4. The van der Waals surface area contributed by atoms with Crippen LogP contribution in [-0.4, -0.2) is 44.6 Å². The van der Waals surface area contributed by atoms with Gasteiger partial charge in [0.25, 0.3) is 5.91 Å². The number of nitrogens with zero attached hydrogens (tertiary/aromatic N) is 2. The molecular formula is C10H11BrN2O2S. The van der Waals surface area contributed by atoms with Gasteiger partial charge in [-0.25, -0.2) is 0 Å². The molecule has 0 spiro atoms. The van der Waals surface area contributed by atoms with Gasteiger partial charge in [0.05, 0.1) is 5.56 Å². The number of hydrogen-bond acceptors (Lipinski definition) is 3. The Labute approximate surface area is 105 Å². The Kier molecular flexibility index (Phi) is 3.70. The third-order valence-electron chi connectivity index (χ3n) is 2.42. The van der Waals surface area contributed by atoms with Crippen LogP contribution in [0.25, 0.3) is 0 Å². The first-order chi connectivity index (χ1) is 7.66. The molecule has 1 aliphatic rings. The lowest BCUT2D eigenvalue weighted by Crippen LogP contribution is -2.41. The quantitative estimate of drug-likeness (QED) is 0.779. The van der Waals surface area contributed by atoms with Crippen LogP contribution < -0.4 is 0 Å². The third kappa shape index (κ3) is 2.68. The van der Waals surface area contributed by atoms with Crippen molar-refractivity contribution in [3.8, 4) is 0 Å². The maximum absolute atomic E-state index is 12.0. The smallest absolute Gasteiger partial charge is 0.255 e. The summed E-state index contributed by atoms with van der Waals surface area (Å²) >= 11 is 3.28. The second kappa shape index (κ2) is 5.05. The fraction of sp³-hybridized carbons (Fsp3) is 0.400. The predicted molar refractivity (Wildman–Crippen MR) is 65.7 cm³/mol. The Balaban J connectivity index is 2.10. The van der Waals surface area contributed by atoms with Gasteiger partial charge in [-0.2, -0.15) is 0 Å². The second-order valence-corrected chi connectivity index (χ2v) is 6.14. The number of amides is 1. The molecule has 0 atom stereocenters. The Morgan fingerprint density at radius 3 is 2.69 bits per heavy atom. The Bertz CT molecular complexity index is 429. The first-order valence-corrected chi connectivity index (χ1v) is 7.20. The van der Waals surface area contributed by atoms with Crippen LogP contribution in [0.2, 0.25) is 0 Å². The average molecular weight is 303 g/mol. The van der Waals surface area contributed by atoms with Crippen LogP contribution in [0.3, 0.4) is 0 Å². The Morgan fingerprint density at radius 2 is 2.06 bits per heavy atom. The number of hydrogen-bond donors (Lipinski definition) is 0. The van der Waals surface area contributed by atoms with Gasteiger partial charge in [0.15, 0.2) is 0 Å². The fourth-order valence-corrected chi connectivity index (χ4v) is 2.97. The number of carbonyl (C=O) groups is 1. The van der Waals surface area contributed by atoms with Gasteiger partial charge in [0.2, 0.25) is 0 Å². The zero-order valence-electron chi connectivity index (χ0n) is 8.56. The van der Waals surface area contributed by atoms with E-state index in [0.29, 0.717) is 30.2 Å². The number of carbonyl (C=O) groups excluding carboxylic acids is 1. The molecule has 0 radical (unpaired) electrons. The first kappa shape index (κ1) is 11.7. The zero-order chi connectivity index (χ0) is 11.5. The van der Waals surface area contributed by atoms with Crippen LogP contribution in [-0.2, 0) is 10.8 Å². The molecule has 0 N–H and O–H groups in total. The molecule has 4 nitrogen and oxygen atoms in total. The molecule has 0 saturated carbocycles. The summed E-state index contributed by atoms with van der Waals surface area (Å²) in [6.07, 6.45) is 3.20. The summed E-state index contributed by atoms with van der Waals surface area (Å²) < 4.78 is 12.0. The van der Waals surface area contributed by atoms with Gasteiger partial charge in [-0.3, -0.25) is 14.0 Å². The number of pyridine rings is 1. The average Bonchev–Trinajstić information content (AvgIpc) is 2.29. The highest BCUT2D eigenvalue weighted by Gasteiger charge is 2.21. The summed E-state index contributed by atoms with van der Waals surface area (Å²) in [4.78, 5) is 17.7. The van der Waals surface area contributed by atoms with Crippen LogP contribution in [0.4, 0.5) is 0 Å². The molecule has 1 amide bonds. The van der Waals surface area contributed by atoms with Gasteiger partial charge in [-0.05, 0) is 22.0 Å². The molecule has 86 valence electrons. The van der Waals surface area contributed by atoms with Crippen molar-refractivity contribution in [1.82, 2.24) is 9.88 Å². The zero-order valence-corrected chi connectivity index (χ0v) is 11.0. The van der Waals surface area contributed by atoms with E-state index in [1.165, 1.54) is 0 Å². The van der Waals surface area contributed by atoms with Crippen molar-refractivity contribution in [2.24, 2.45) is 0 Å². The molecule has 6 heteroatoms. The van der Waals surface area contributed by atoms with E-state index in [9.17, 15) is 9.00 Å².